The van der Waals surface area contributed by atoms with E-state index in [1.54, 1.807) is 29.2 Å². The summed E-state index contributed by atoms with van der Waals surface area (Å²) >= 11 is 0. The first-order chi connectivity index (χ1) is 14.3. The van der Waals surface area contributed by atoms with Gasteiger partial charge in [-0.2, -0.15) is 18.3 Å². The third kappa shape index (κ3) is 4.00. The lowest BCUT2D eigenvalue weighted by Crippen LogP contribution is -2.05. The zero-order valence-electron chi connectivity index (χ0n) is 15.4. The third-order valence-corrected chi connectivity index (χ3v) is 4.54. The molecule has 0 bridgehead atoms. The van der Waals surface area contributed by atoms with E-state index in [1.807, 2.05) is 0 Å². The van der Waals surface area contributed by atoms with Gasteiger partial charge in [0, 0.05) is 11.8 Å². The number of alkyl halides is 3. The van der Waals surface area contributed by atoms with E-state index in [2.05, 4.69) is 15.1 Å². The fourth-order valence-electron chi connectivity index (χ4n) is 3.08. The Labute approximate surface area is 168 Å². The predicted octanol–water partition coefficient (Wildman–Crippen LogP) is 4.80. The summed E-state index contributed by atoms with van der Waals surface area (Å²) in [6, 6.07) is 10.7. The van der Waals surface area contributed by atoms with E-state index in [0.717, 1.165) is 12.1 Å². The van der Waals surface area contributed by atoms with Crippen molar-refractivity contribution in [2.75, 3.05) is 5.73 Å². The average molecular weight is 413 g/mol. The second-order valence-electron chi connectivity index (χ2n) is 6.61. The van der Waals surface area contributed by atoms with Crippen molar-refractivity contribution in [1.82, 2.24) is 19.7 Å². The molecule has 2 N–H and O–H groups in total. The van der Waals surface area contributed by atoms with E-state index in [4.69, 9.17) is 5.73 Å². The summed E-state index contributed by atoms with van der Waals surface area (Å²) in [5, 5.41) is 4.27. The minimum Gasteiger partial charge on any atom is -0.383 e. The van der Waals surface area contributed by atoms with Crippen LogP contribution in [0.4, 0.5) is 23.4 Å². The largest absolute Gasteiger partial charge is 0.416 e. The molecule has 0 aliphatic carbocycles. The van der Waals surface area contributed by atoms with Crippen molar-refractivity contribution < 1.29 is 17.6 Å². The summed E-state index contributed by atoms with van der Waals surface area (Å²) < 4.78 is 53.0. The van der Waals surface area contributed by atoms with Gasteiger partial charge in [0.1, 0.15) is 18.0 Å². The van der Waals surface area contributed by atoms with E-state index in [0.29, 0.717) is 27.9 Å². The number of halogens is 4. The predicted molar refractivity (Wildman–Crippen MR) is 104 cm³/mol. The number of nitrogens with zero attached hydrogens (tertiary/aromatic N) is 4. The van der Waals surface area contributed by atoms with Crippen LogP contribution in [0.2, 0.25) is 0 Å². The fraction of sp³-hybridized carbons (Fsp3) is 0.0952. The minimum atomic E-state index is -4.37. The highest BCUT2D eigenvalue weighted by molar-refractivity contribution is 5.86. The first kappa shape index (κ1) is 19.6. The number of nitrogens with two attached hydrogens (primary N) is 1. The van der Waals surface area contributed by atoms with E-state index in [9.17, 15) is 17.6 Å². The van der Waals surface area contributed by atoms with Crippen LogP contribution >= 0.6 is 0 Å². The highest BCUT2D eigenvalue weighted by Gasteiger charge is 2.29. The van der Waals surface area contributed by atoms with Gasteiger partial charge in [-0.3, -0.25) is 4.68 Å². The van der Waals surface area contributed by atoms with Gasteiger partial charge in [-0.25, -0.2) is 14.4 Å². The molecule has 4 aromatic rings. The quantitative estimate of drug-likeness (QED) is 0.488. The number of rotatable bonds is 4. The van der Waals surface area contributed by atoms with Gasteiger partial charge < -0.3 is 5.73 Å². The third-order valence-electron chi connectivity index (χ3n) is 4.54. The molecule has 0 saturated carbocycles. The Morgan fingerprint density at radius 2 is 1.60 bits per heavy atom. The molecular weight excluding hydrogens is 398 g/mol. The number of aromatic nitrogens is 4. The molecule has 4 rings (SSSR count). The smallest absolute Gasteiger partial charge is 0.383 e. The molecule has 0 unspecified atom stereocenters. The normalized spacial score (nSPS) is 11.6. The number of nitrogen functional groups attached to an aromatic ring is 1. The number of hydrogen-bond donors (Lipinski definition) is 1. The number of benzene rings is 2. The number of hydrogen-bond acceptors (Lipinski definition) is 4. The molecule has 0 fully saturated rings. The first-order valence-electron chi connectivity index (χ1n) is 8.86. The standard InChI is InChI=1S/C21H15F4N5/c22-17-7-3-14(4-8-17)18-19(27-12-28-20(18)26)15-9-29-30(11-15)10-13-1-5-16(6-2-13)21(23,24)25/h1-9,11-12H,10H2,(H2,26,27,28). The molecule has 0 aliphatic heterocycles. The van der Waals surface area contributed by atoms with Gasteiger partial charge in [0.2, 0.25) is 0 Å². The van der Waals surface area contributed by atoms with Crippen LogP contribution in [0.3, 0.4) is 0 Å². The van der Waals surface area contributed by atoms with Crippen molar-refractivity contribution >= 4 is 5.82 Å². The maximum Gasteiger partial charge on any atom is 0.416 e. The second kappa shape index (κ2) is 7.58. The molecule has 9 heteroatoms. The first-order valence-corrected chi connectivity index (χ1v) is 8.86. The van der Waals surface area contributed by atoms with Crippen LogP contribution in [0.5, 0.6) is 0 Å². The summed E-state index contributed by atoms with van der Waals surface area (Å²) in [6.45, 7) is 0.282. The van der Waals surface area contributed by atoms with Gasteiger partial charge in [0.15, 0.2) is 0 Å². The molecule has 0 saturated heterocycles. The van der Waals surface area contributed by atoms with Crippen molar-refractivity contribution in [3.05, 3.63) is 84.2 Å². The SMILES string of the molecule is Nc1ncnc(-c2cnn(Cc3ccc(C(F)(F)F)cc3)c2)c1-c1ccc(F)cc1. The summed E-state index contributed by atoms with van der Waals surface area (Å²) in [4.78, 5) is 8.32. The lowest BCUT2D eigenvalue weighted by Gasteiger charge is -2.09. The molecule has 2 heterocycles. The van der Waals surface area contributed by atoms with E-state index in [-0.39, 0.29) is 18.2 Å². The average Bonchev–Trinajstić information content (AvgIpc) is 3.17. The fourth-order valence-corrected chi connectivity index (χ4v) is 3.08. The van der Waals surface area contributed by atoms with Gasteiger partial charge in [0.05, 0.1) is 29.6 Å². The van der Waals surface area contributed by atoms with Crippen molar-refractivity contribution in [3.8, 4) is 22.4 Å². The van der Waals surface area contributed by atoms with Crippen molar-refractivity contribution in [2.45, 2.75) is 12.7 Å². The maximum absolute atomic E-state index is 13.3. The second-order valence-corrected chi connectivity index (χ2v) is 6.61. The molecule has 0 atom stereocenters. The summed E-state index contributed by atoms with van der Waals surface area (Å²) in [7, 11) is 0. The van der Waals surface area contributed by atoms with Gasteiger partial charge >= 0.3 is 6.18 Å². The lowest BCUT2D eigenvalue weighted by atomic mass is 10.0. The molecule has 2 aromatic carbocycles. The highest BCUT2D eigenvalue weighted by atomic mass is 19.4. The summed E-state index contributed by atoms with van der Waals surface area (Å²) in [6.07, 6.45) is 0.247. The van der Waals surface area contributed by atoms with E-state index < -0.39 is 11.7 Å². The van der Waals surface area contributed by atoms with Crippen molar-refractivity contribution in [1.29, 1.82) is 0 Å². The van der Waals surface area contributed by atoms with Crippen LogP contribution in [0.1, 0.15) is 11.1 Å². The molecule has 0 aliphatic rings. The highest BCUT2D eigenvalue weighted by Crippen LogP contribution is 2.34. The topological polar surface area (TPSA) is 69.6 Å². The van der Waals surface area contributed by atoms with Crippen LogP contribution in [-0.4, -0.2) is 19.7 Å². The molecular formula is C21H15F4N5. The number of anilines is 1. The minimum absolute atomic E-state index is 0.238. The van der Waals surface area contributed by atoms with Crippen LogP contribution < -0.4 is 5.73 Å². The van der Waals surface area contributed by atoms with Crippen molar-refractivity contribution in [2.24, 2.45) is 0 Å². The molecule has 152 valence electrons. The Morgan fingerprint density at radius 3 is 2.27 bits per heavy atom. The van der Waals surface area contributed by atoms with Gasteiger partial charge in [-0.1, -0.05) is 24.3 Å². The van der Waals surface area contributed by atoms with Gasteiger partial charge in [0.25, 0.3) is 0 Å². The molecule has 2 aromatic heterocycles. The van der Waals surface area contributed by atoms with Crippen LogP contribution in [0.25, 0.3) is 22.4 Å². The maximum atomic E-state index is 13.3. The molecule has 0 amide bonds. The molecule has 30 heavy (non-hydrogen) atoms. The summed E-state index contributed by atoms with van der Waals surface area (Å²) in [5.41, 5.74) is 8.38. The zero-order valence-corrected chi connectivity index (χ0v) is 15.4. The summed E-state index contributed by atoms with van der Waals surface area (Å²) in [5.74, 6) is -0.137. The monoisotopic (exact) mass is 413 g/mol. The Balaban J connectivity index is 1.63. The van der Waals surface area contributed by atoms with E-state index >= 15 is 0 Å². The van der Waals surface area contributed by atoms with Gasteiger partial charge in [-0.15, -0.1) is 0 Å². The Hall–Kier alpha value is -3.75. The zero-order chi connectivity index (χ0) is 21.3. The van der Waals surface area contributed by atoms with Crippen LogP contribution in [0, 0.1) is 5.82 Å². The molecule has 5 nitrogen and oxygen atoms in total. The lowest BCUT2D eigenvalue weighted by molar-refractivity contribution is -0.137. The molecule has 0 spiro atoms. The van der Waals surface area contributed by atoms with E-state index in [1.165, 1.54) is 30.6 Å². The van der Waals surface area contributed by atoms with Crippen LogP contribution in [-0.2, 0) is 12.7 Å². The van der Waals surface area contributed by atoms with Crippen LogP contribution in [0.15, 0.2) is 67.3 Å². The van der Waals surface area contributed by atoms with Crippen molar-refractivity contribution in [3.63, 3.8) is 0 Å². The Kier molecular flexibility index (Phi) is 4.94. The Morgan fingerprint density at radius 1 is 0.900 bits per heavy atom. The Bertz CT molecular complexity index is 1170. The van der Waals surface area contributed by atoms with Gasteiger partial charge in [-0.05, 0) is 35.4 Å². The molecule has 0 radical (unpaired) electrons.